The summed E-state index contributed by atoms with van der Waals surface area (Å²) in [5.74, 6) is 0.569. The second-order valence-corrected chi connectivity index (χ2v) is 7.47. The van der Waals surface area contributed by atoms with Crippen LogP contribution in [-0.4, -0.2) is 27.2 Å². The monoisotopic (exact) mass is 353 g/mol. The van der Waals surface area contributed by atoms with E-state index in [1.807, 2.05) is 0 Å². The van der Waals surface area contributed by atoms with Gasteiger partial charge in [0.05, 0.1) is 23.9 Å². The van der Waals surface area contributed by atoms with E-state index in [0.29, 0.717) is 23.4 Å². The van der Waals surface area contributed by atoms with Crippen LogP contribution in [0.2, 0.25) is 5.02 Å². The van der Waals surface area contributed by atoms with Crippen molar-refractivity contribution in [1.82, 2.24) is 0 Å². The summed E-state index contributed by atoms with van der Waals surface area (Å²) in [4.78, 5) is 0.0554. The van der Waals surface area contributed by atoms with Crippen molar-refractivity contribution in [2.24, 2.45) is 0 Å². The van der Waals surface area contributed by atoms with E-state index in [2.05, 4.69) is 0 Å². The van der Waals surface area contributed by atoms with Crippen LogP contribution in [-0.2, 0) is 10.0 Å². The largest absolute Gasteiger partial charge is 0.497 e. The quantitative estimate of drug-likeness (QED) is 0.921. The molecule has 5 nitrogen and oxygen atoms in total. The highest BCUT2D eigenvalue weighted by Gasteiger charge is 2.33. The van der Waals surface area contributed by atoms with Crippen molar-refractivity contribution in [2.75, 3.05) is 18.0 Å². The SMILES string of the molecule is COc1ccc2c(c1)C(O)CCN2S(=O)(=O)c1ccccc1Cl. The molecule has 0 amide bonds. The summed E-state index contributed by atoms with van der Waals surface area (Å²) in [6.07, 6.45) is -0.415. The molecule has 0 spiro atoms. The Balaban J connectivity index is 2.12. The van der Waals surface area contributed by atoms with Gasteiger partial charge in [0.15, 0.2) is 0 Å². The maximum absolute atomic E-state index is 13.0. The molecule has 7 heteroatoms. The van der Waals surface area contributed by atoms with Gasteiger partial charge in [0.2, 0.25) is 0 Å². The molecule has 2 aromatic rings. The molecule has 1 unspecified atom stereocenters. The first-order valence-corrected chi connectivity index (χ1v) is 8.90. The third kappa shape index (κ3) is 2.78. The van der Waals surface area contributed by atoms with Gasteiger partial charge in [-0.25, -0.2) is 8.42 Å². The molecular formula is C16H16ClNO4S. The summed E-state index contributed by atoms with van der Waals surface area (Å²) in [6, 6.07) is 11.3. The maximum Gasteiger partial charge on any atom is 0.265 e. The van der Waals surface area contributed by atoms with Crippen molar-refractivity contribution in [1.29, 1.82) is 0 Å². The number of anilines is 1. The van der Waals surface area contributed by atoms with Gasteiger partial charge >= 0.3 is 0 Å². The molecule has 1 aliphatic heterocycles. The zero-order chi connectivity index (χ0) is 16.6. The van der Waals surface area contributed by atoms with Crippen LogP contribution in [0.4, 0.5) is 5.69 Å². The van der Waals surface area contributed by atoms with Crippen LogP contribution >= 0.6 is 11.6 Å². The lowest BCUT2D eigenvalue weighted by Crippen LogP contribution is -2.36. The Morgan fingerprint density at radius 3 is 2.70 bits per heavy atom. The fraction of sp³-hybridized carbons (Fsp3) is 0.250. The van der Waals surface area contributed by atoms with Crippen molar-refractivity contribution in [3.8, 4) is 5.75 Å². The standard InChI is InChI=1S/C16H16ClNO4S/c1-22-11-6-7-14-12(10-11)15(19)8-9-18(14)23(20,21)16-5-3-2-4-13(16)17/h2-7,10,15,19H,8-9H2,1H3. The van der Waals surface area contributed by atoms with Crippen LogP contribution in [0.15, 0.2) is 47.4 Å². The van der Waals surface area contributed by atoms with Gasteiger partial charge in [0, 0.05) is 12.1 Å². The fourth-order valence-electron chi connectivity index (χ4n) is 2.69. The summed E-state index contributed by atoms with van der Waals surface area (Å²) in [5, 5.41) is 10.4. The first kappa shape index (κ1) is 16.1. The van der Waals surface area contributed by atoms with E-state index in [9.17, 15) is 13.5 Å². The van der Waals surface area contributed by atoms with Gasteiger partial charge in [0.25, 0.3) is 10.0 Å². The van der Waals surface area contributed by atoms with Gasteiger partial charge in [-0.15, -0.1) is 0 Å². The summed E-state index contributed by atoms with van der Waals surface area (Å²) in [5.41, 5.74) is 0.982. The molecule has 0 aromatic heterocycles. The number of hydrogen-bond acceptors (Lipinski definition) is 4. The van der Waals surface area contributed by atoms with Crippen LogP contribution in [0.1, 0.15) is 18.1 Å². The summed E-state index contributed by atoms with van der Waals surface area (Å²) >= 11 is 6.06. The molecule has 122 valence electrons. The third-order valence-corrected chi connectivity index (χ3v) is 6.19. The summed E-state index contributed by atoms with van der Waals surface area (Å²) in [6.45, 7) is 0.189. The molecule has 0 saturated carbocycles. The Kier molecular flexibility index (Phi) is 4.23. The van der Waals surface area contributed by atoms with Gasteiger partial charge in [-0.05, 0) is 36.8 Å². The minimum atomic E-state index is -3.80. The molecule has 1 atom stereocenters. The Morgan fingerprint density at radius 2 is 2.00 bits per heavy atom. The predicted molar refractivity (Wildman–Crippen MR) is 88.6 cm³/mol. The number of nitrogens with zero attached hydrogens (tertiary/aromatic N) is 1. The summed E-state index contributed by atoms with van der Waals surface area (Å²) < 4.78 is 32.4. The zero-order valence-electron chi connectivity index (χ0n) is 12.4. The van der Waals surface area contributed by atoms with Gasteiger partial charge in [-0.3, -0.25) is 4.31 Å². The van der Waals surface area contributed by atoms with E-state index in [0.717, 1.165) is 0 Å². The minimum absolute atomic E-state index is 0.0554. The lowest BCUT2D eigenvalue weighted by molar-refractivity contribution is 0.166. The van der Waals surface area contributed by atoms with Crippen molar-refractivity contribution < 1.29 is 18.3 Å². The molecule has 0 radical (unpaired) electrons. The number of benzene rings is 2. The number of aliphatic hydroxyl groups excluding tert-OH is 1. The van der Waals surface area contributed by atoms with Crippen LogP contribution in [0, 0.1) is 0 Å². The average Bonchev–Trinajstić information content (AvgIpc) is 2.55. The number of methoxy groups -OCH3 is 1. The number of aliphatic hydroxyl groups is 1. The van der Waals surface area contributed by atoms with Crippen molar-refractivity contribution in [3.63, 3.8) is 0 Å². The second-order valence-electron chi connectivity index (χ2n) is 5.24. The Labute approximate surface area is 140 Å². The van der Waals surface area contributed by atoms with E-state index < -0.39 is 16.1 Å². The minimum Gasteiger partial charge on any atom is -0.497 e. The predicted octanol–water partition coefficient (Wildman–Crippen LogP) is 2.98. The fourth-order valence-corrected chi connectivity index (χ4v) is 4.69. The number of rotatable bonds is 3. The Bertz CT molecular complexity index is 838. The number of ether oxygens (including phenoxy) is 1. The number of fused-ring (bicyclic) bond motifs is 1. The Morgan fingerprint density at radius 1 is 1.26 bits per heavy atom. The van der Waals surface area contributed by atoms with E-state index in [4.69, 9.17) is 16.3 Å². The van der Waals surface area contributed by atoms with Crippen LogP contribution in [0.5, 0.6) is 5.75 Å². The van der Waals surface area contributed by atoms with Gasteiger partial charge in [0.1, 0.15) is 10.6 Å². The number of sulfonamides is 1. The normalized spacial score (nSPS) is 17.7. The van der Waals surface area contributed by atoms with Gasteiger partial charge in [-0.2, -0.15) is 0 Å². The molecule has 0 fully saturated rings. The number of hydrogen-bond donors (Lipinski definition) is 1. The first-order chi connectivity index (χ1) is 10.9. The molecule has 1 heterocycles. The lowest BCUT2D eigenvalue weighted by Gasteiger charge is -2.33. The van der Waals surface area contributed by atoms with E-state index in [1.54, 1.807) is 36.4 Å². The zero-order valence-corrected chi connectivity index (χ0v) is 14.0. The second kappa shape index (κ2) is 6.03. The van der Waals surface area contributed by atoms with E-state index in [1.165, 1.54) is 17.5 Å². The van der Waals surface area contributed by atoms with Gasteiger partial charge in [-0.1, -0.05) is 23.7 Å². The van der Waals surface area contributed by atoms with E-state index in [-0.39, 0.29) is 16.5 Å². The molecule has 0 aliphatic carbocycles. The summed E-state index contributed by atoms with van der Waals surface area (Å²) in [7, 11) is -2.28. The van der Waals surface area contributed by atoms with Crippen molar-refractivity contribution in [2.45, 2.75) is 17.4 Å². The average molecular weight is 354 g/mol. The highest BCUT2D eigenvalue weighted by Crippen LogP contribution is 2.39. The number of halogens is 1. The molecular weight excluding hydrogens is 338 g/mol. The van der Waals surface area contributed by atoms with Crippen LogP contribution in [0.25, 0.3) is 0 Å². The highest BCUT2D eigenvalue weighted by atomic mass is 35.5. The Hall–Kier alpha value is -1.76. The van der Waals surface area contributed by atoms with E-state index >= 15 is 0 Å². The topological polar surface area (TPSA) is 66.8 Å². The molecule has 0 bridgehead atoms. The van der Waals surface area contributed by atoms with Gasteiger partial charge < -0.3 is 9.84 Å². The smallest absolute Gasteiger partial charge is 0.265 e. The van der Waals surface area contributed by atoms with Crippen LogP contribution in [0.3, 0.4) is 0 Å². The molecule has 0 saturated heterocycles. The molecule has 3 rings (SSSR count). The maximum atomic E-state index is 13.0. The van der Waals surface area contributed by atoms with Crippen molar-refractivity contribution >= 4 is 27.3 Å². The molecule has 2 aromatic carbocycles. The molecule has 1 N–H and O–H groups in total. The lowest BCUT2D eigenvalue weighted by atomic mass is 10.0. The third-order valence-electron chi connectivity index (χ3n) is 3.87. The highest BCUT2D eigenvalue weighted by molar-refractivity contribution is 7.93. The first-order valence-electron chi connectivity index (χ1n) is 7.08. The van der Waals surface area contributed by atoms with Crippen LogP contribution < -0.4 is 9.04 Å². The molecule has 1 aliphatic rings. The molecule has 23 heavy (non-hydrogen) atoms. The van der Waals surface area contributed by atoms with Crippen molar-refractivity contribution in [3.05, 3.63) is 53.1 Å².